The van der Waals surface area contributed by atoms with Gasteiger partial charge in [-0.05, 0) is 6.07 Å². The third-order valence-electron chi connectivity index (χ3n) is 2.65. The molecule has 0 spiro atoms. The van der Waals surface area contributed by atoms with Crippen LogP contribution in [0, 0.1) is 0 Å². The van der Waals surface area contributed by atoms with E-state index >= 15 is 0 Å². The van der Waals surface area contributed by atoms with E-state index in [2.05, 4.69) is 4.98 Å². The van der Waals surface area contributed by atoms with Crippen LogP contribution in [0.15, 0.2) is 53.1 Å². The molecule has 0 N–H and O–H groups in total. The molecule has 0 aliphatic carbocycles. The van der Waals surface area contributed by atoms with Crippen LogP contribution in [0.5, 0.6) is 5.88 Å². The van der Waals surface area contributed by atoms with Crippen LogP contribution < -0.4 is 4.74 Å². The largest absolute Gasteiger partial charge is 0.481 e. The van der Waals surface area contributed by atoms with Crippen molar-refractivity contribution in [1.29, 1.82) is 0 Å². The van der Waals surface area contributed by atoms with E-state index in [1.165, 1.54) is 0 Å². The molecule has 2 heterocycles. The highest BCUT2D eigenvalue weighted by atomic mass is 16.5. The normalized spacial score (nSPS) is 10.6. The first-order chi connectivity index (χ1) is 8.36. The second kappa shape index (κ2) is 3.94. The van der Waals surface area contributed by atoms with E-state index in [9.17, 15) is 0 Å². The SMILES string of the molecule is COc1cc2cc(-c3ccccc3)oc2cn1. The van der Waals surface area contributed by atoms with E-state index < -0.39 is 0 Å². The van der Waals surface area contributed by atoms with Crippen LogP contribution in [0.1, 0.15) is 0 Å². The second-order valence-electron chi connectivity index (χ2n) is 3.74. The highest BCUT2D eigenvalue weighted by Gasteiger charge is 2.07. The van der Waals surface area contributed by atoms with Gasteiger partial charge in [-0.25, -0.2) is 4.98 Å². The predicted octanol–water partition coefficient (Wildman–Crippen LogP) is 3.50. The van der Waals surface area contributed by atoms with Crippen molar-refractivity contribution in [3.63, 3.8) is 0 Å². The number of rotatable bonds is 2. The van der Waals surface area contributed by atoms with Gasteiger partial charge in [0.1, 0.15) is 5.76 Å². The van der Waals surface area contributed by atoms with Gasteiger partial charge in [-0.3, -0.25) is 0 Å². The number of pyridine rings is 1. The molecule has 2 aromatic heterocycles. The fourth-order valence-corrected chi connectivity index (χ4v) is 1.78. The maximum absolute atomic E-state index is 5.74. The Morgan fingerprint density at radius 2 is 1.94 bits per heavy atom. The van der Waals surface area contributed by atoms with E-state index in [4.69, 9.17) is 9.15 Å². The molecular weight excluding hydrogens is 214 g/mol. The fourth-order valence-electron chi connectivity index (χ4n) is 1.78. The van der Waals surface area contributed by atoms with E-state index in [0.717, 1.165) is 22.3 Å². The van der Waals surface area contributed by atoms with Crippen LogP contribution in [-0.2, 0) is 0 Å². The molecule has 17 heavy (non-hydrogen) atoms. The summed E-state index contributed by atoms with van der Waals surface area (Å²) in [5.74, 6) is 1.44. The number of aromatic nitrogens is 1. The lowest BCUT2D eigenvalue weighted by Gasteiger charge is -1.95. The molecule has 3 aromatic rings. The lowest BCUT2D eigenvalue weighted by molar-refractivity contribution is 0.398. The number of ether oxygens (including phenoxy) is 1. The first-order valence-electron chi connectivity index (χ1n) is 5.36. The zero-order valence-corrected chi connectivity index (χ0v) is 9.38. The summed E-state index contributed by atoms with van der Waals surface area (Å²) in [5.41, 5.74) is 1.83. The molecule has 0 saturated carbocycles. The average molecular weight is 225 g/mol. The monoisotopic (exact) mass is 225 g/mol. The highest BCUT2D eigenvalue weighted by molar-refractivity contribution is 5.82. The summed E-state index contributed by atoms with van der Waals surface area (Å²) in [4.78, 5) is 4.12. The third kappa shape index (κ3) is 1.76. The molecule has 0 fully saturated rings. The molecular formula is C14H11NO2. The van der Waals surface area contributed by atoms with Crippen molar-refractivity contribution in [2.75, 3.05) is 7.11 Å². The lowest BCUT2D eigenvalue weighted by Crippen LogP contribution is -1.84. The van der Waals surface area contributed by atoms with Gasteiger partial charge >= 0.3 is 0 Å². The lowest BCUT2D eigenvalue weighted by atomic mass is 10.1. The summed E-state index contributed by atoms with van der Waals surface area (Å²) in [7, 11) is 1.60. The molecule has 84 valence electrons. The van der Waals surface area contributed by atoms with Crippen LogP contribution in [0.3, 0.4) is 0 Å². The molecule has 0 radical (unpaired) electrons. The fraction of sp³-hybridized carbons (Fsp3) is 0.0714. The average Bonchev–Trinajstić information content (AvgIpc) is 2.82. The molecule has 3 heteroatoms. The van der Waals surface area contributed by atoms with Crippen molar-refractivity contribution in [1.82, 2.24) is 4.98 Å². The van der Waals surface area contributed by atoms with Crippen molar-refractivity contribution < 1.29 is 9.15 Å². The van der Waals surface area contributed by atoms with Gasteiger partial charge in [0.2, 0.25) is 5.88 Å². The minimum absolute atomic E-state index is 0.595. The van der Waals surface area contributed by atoms with Crippen molar-refractivity contribution in [3.8, 4) is 17.2 Å². The van der Waals surface area contributed by atoms with Gasteiger partial charge in [-0.2, -0.15) is 0 Å². The number of nitrogens with zero attached hydrogens (tertiary/aromatic N) is 1. The minimum Gasteiger partial charge on any atom is -0.481 e. The third-order valence-corrected chi connectivity index (χ3v) is 2.65. The molecule has 0 aliphatic heterocycles. The van der Waals surface area contributed by atoms with E-state index in [0.29, 0.717) is 5.88 Å². The summed E-state index contributed by atoms with van der Waals surface area (Å²) < 4.78 is 10.8. The van der Waals surface area contributed by atoms with Gasteiger partial charge < -0.3 is 9.15 Å². The zero-order chi connectivity index (χ0) is 11.7. The summed E-state index contributed by atoms with van der Waals surface area (Å²) in [6, 6.07) is 13.9. The molecule has 0 saturated heterocycles. The number of methoxy groups -OCH3 is 1. The molecule has 0 amide bonds. The Bertz CT molecular complexity index is 644. The maximum atomic E-state index is 5.74. The summed E-state index contributed by atoms with van der Waals surface area (Å²) in [6.45, 7) is 0. The van der Waals surface area contributed by atoms with Gasteiger partial charge in [0.25, 0.3) is 0 Å². The van der Waals surface area contributed by atoms with Crippen LogP contribution in [0.25, 0.3) is 22.3 Å². The van der Waals surface area contributed by atoms with Crippen molar-refractivity contribution >= 4 is 11.0 Å². The molecule has 0 aliphatic rings. The van der Waals surface area contributed by atoms with E-state index in [1.807, 2.05) is 42.5 Å². The van der Waals surface area contributed by atoms with E-state index in [1.54, 1.807) is 13.3 Å². The molecule has 0 unspecified atom stereocenters. The van der Waals surface area contributed by atoms with Gasteiger partial charge in [0.15, 0.2) is 5.58 Å². The maximum Gasteiger partial charge on any atom is 0.213 e. The molecule has 3 rings (SSSR count). The van der Waals surface area contributed by atoms with Crippen LogP contribution in [-0.4, -0.2) is 12.1 Å². The smallest absolute Gasteiger partial charge is 0.213 e. The Labute approximate surface area is 98.7 Å². The van der Waals surface area contributed by atoms with Crippen molar-refractivity contribution in [2.24, 2.45) is 0 Å². The topological polar surface area (TPSA) is 35.3 Å². The first kappa shape index (κ1) is 9.90. The molecule has 0 bridgehead atoms. The standard InChI is InChI=1S/C14H11NO2/c1-16-14-8-11-7-12(17-13(11)9-15-14)10-5-3-2-4-6-10/h2-9H,1H3. The summed E-state index contributed by atoms with van der Waals surface area (Å²) in [6.07, 6.45) is 1.68. The number of hydrogen-bond acceptors (Lipinski definition) is 3. The van der Waals surface area contributed by atoms with Gasteiger partial charge in [0.05, 0.1) is 13.3 Å². The van der Waals surface area contributed by atoms with Crippen molar-refractivity contribution in [3.05, 3.63) is 48.7 Å². The Balaban J connectivity index is 2.14. The Kier molecular flexibility index (Phi) is 2.29. The van der Waals surface area contributed by atoms with Gasteiger partial charge in [-0.15, -0.1) is 0 Å². The number of hydrogen-bond donors (Lipinski definition) is 0. The molecule has 1 aromatic carbocycles. The Morgan fingerprint density at radius 3 is 2.71 bits per heavy atom. The predicted molar refractivity (Wildman–Crippen MR) is 66.0 cm³/mol. The van der Waals surface area contributed by atoms with Crippen LogP contribution >= 0.6 is 0 Å². The van der Waals surface area contributed by atoms with Crippen LogP contribution in [0.2, 0.25) is 0 Å². The quantitative estimate of drug-likeness (QED) is 0.669. The van der Waals surface area contributed by atoms with Gasteiger partial charge in [-0.1, -0.05) is 30.3 Å². The number of benzene rings is 1. The summed E-state index contributed by atoms with van der Waals surface area (Å²) >= 11 is 0. The first-order valence-corrected chi connectivity index (χ1v) is 5.36. The highest BCUT2D eigenvalue weighted by Crippen LogP contribution is 2.28. The Hall–Kier alpha value is -2.29. The van der Waals surface area contributed by atoms with Crippen LogP contribution in [0.4, 0.5) is 0 Å². The molecule has 3 nitrogen and oxygen atoms in total. The minimum atomic E-state index is 0.595. The second-order valence-corrected chi connectivity index (χ2v) is 3.74. The van der Waals surface area contributed by atoms with Crippen molar-refractivity contribution in [2.45, 2.75) is 0 Å². The number of furan rings is 1. The Morgan fingerprint density at radius 1 is 1.12 bits per heavy atom. The zero-order valence-electron chi connectivity index (χ0n) is 9.38. The summed E-state index contributed by atoms with van der Waals surface area (Å²) in [5, 5.41) is 0.996. The van der Waals surface area contributed by atoms with E-state index in [-0.39, 0.29) is 0 Å². The van der Waals surface area contributed by atoms with Gasteiger partial charge in [0, 0.05) is 17.0 Å². The number of fused-ring (bicyclic) bond motifs is 1. The molecule has 0 atom stereocenters.